The Morgan fingerprint density at radius 2 is 2.33 bits per heavy atom. The van der Waals surface area contributed by atoms with E-state index < -0.39 is 11.8 Å². The maximum Gasteiger partial charge on any atom is 0.358 e. The van der Waals surface area contributed by atoms with Crippen LogP contribution in [0.15, 0.2) is 11.6 Å². The van der Waals surface area contributed by atoms with Gasteiger partial charge in [0, 0.05) is 11.6 Å². The van der Waals surface area contributed by atoms with Gasteiger partial charge in [-0.1, -0.05) is 11.6 Å². The smallest absolute Gasteiger partial charge is 0.358 e. The summed E-state index contributed by atoms with van der Waals surface area (Å²) in [6.45, 7) is 0. The van der Waals surface area contributed by atoms with E-state index in [1.165, 1.54) is 24.6 Å². The van der Waals surface area contributed by atoms with Crippen molar-refractivity contribution < 1.29 is 13.9 Å². The van der Waals surface area contributed by atoms with Crippen LogP contribution in [0.3, 0.4) is 0 Å². The predicted octanol–water partition coefficient (Wildman–Crippen LogP) is 2.37. The Balaban J connectivity index is 2.69. The van der Waals surface area contributed by atoms with Crippen LogP contribution in [0.5, 0.6) is 0 Å². The zero-order valence-electron chi connectivity index (χ0n) is 9.11. The molecule has 0 aromatic carbocycles. The summed E-state index contributed by atoms with van der Waals surface area (Å²) in [5, 5.41) is 1.69. The average molecular weight is 288 g/mol. The number of nitrogen functional groups attached to an aromatic ring is 1. The minimum Gasteiger partial charge on any atom is -0.464 e. The summed E-state index contributed by atoms with van der Waals surface area (Å²) in [6, 6.07) is 0. The number of methoxy groups -OCH3 is 1. The van der Waals surface area contributed by atoms with Gasteiger partial charge in [-0.3, -0.25) is 0 Å². The van der Waals surface area contributed by atoms with Gasteiger partial charge in [0.2, 0.25) is 0 Å². The Morgan fingerprint density at radius 3 is 2.89 bits per heavy atom. The topological polar surface area (TPSA) is 78.1 Å². The maximum absolute atomic E-state index is 13.9. The first kappa shape index (κ1) is 12.7. The second kappa shape index (κ2) is 4.87. The largest absolute Gasteiger partial charge is 0.464 e. The van der Waals surface area contributed by atoms with Crippen molar-refractivity contribution in [2.75, 3.05) is 12.8 Å². The summed E-state index contributed by atoms with van der Waals surface area (Å²) < 4.78 is 18.4. The highest BCUT2D eigenvalue weighted by Crippen LogP contribution is 2.32. The minimum atomic E-state index is -0.803. The molecule has 0 aliphatic carbocycles. The van der Waals surface area contributed by atoms with Crippen LogP contribution >= 0.6 is 22.9 Å². The molecular weight excluding hydrogens is 281 g/mol. The molecule has 2 N–H and O–H groups in total. The first-order valence-electron chi connectivity index (χ1n) is 4.69. The van der Waals surface area contributed by atoms with Gasteiger partial charge < -0.3 is 10.5 Å². The summed E-state index contributed by atoms with van der Waals surface area (Å²) in [7, 11) is 1.17. The molecular formula is C10H7ClFN3O2S. The molecule has 0 fully saturated rings. The lowest BCUT2D eigenvalue weighted by Crippen LogP contribution is -2.10. The number of pyridine rings is 1. The number of thiazole rings is 1. The molecule has 0 bridgehead atoms. The number of nitrogens with two attached hydrogens (primary N) is 1. The molecule has 2 rings (SSSR count). The Morgan fingerprint density at radius 1 is 1.61 bits per heavy atom. The molecule has 0 saturated heterocycles. The fourth-order valence-corrected chi connectivity index (χ4v) is 2.10. The zero-order valence-corrected chi connectivity index (χ0v) is 10.7. The van der Waals surface area contributed by atoms with E-state index >= 15 is 0 Å². The normalized spacial score (nSPS) is 10.4. The first-order valence-corrected chi connectivity index (χ1v) is 5.94. The van der Waals surface area contributed by atoms with Crippen LogP contribution in [-0.2, 0) is 4.74 Å². The van der Waals surface area contributed by atoms with E-state index in [2.05, 4.69) is 14.7 Å². The molecule has 0 spiro atoms. The van der Waals surface area contributed by atoms with Gasteiger partial charge in [-0.15, -0.1) is 11.3 Å². The number of hydrogen-bond donors (Lipinski definition) is 1. The number of carbonyl (C=O) groups excluding carboxylic acids is 1. The third-order valence-electron chi connectivity index (χ3n) is 2.13. The highest BCUT2D eigenvalue weighted by molar-refractivity contribution is 7.13. The first-order chi connectivity index (χ1) is 8.56. The number of carbonyl (C=O) groups is 1. The molecule has 5 nitrogen and oxygen atoms in total. The predicted molar refractivity (Wildman–Crippen MR) is 66.1 cm³/mol. The van der Waals surface area contributed by atoms with Crippen LogP contribution < -0.4 is 5.73 Å². The second-order valence-corrected chi connectivity index (χ2v) is 4.45. The Kier molecular flexibility index (Phi) is 3.44. The number of rotatable bonds is 2. The lowest BCUT2D eigenvalue weighted by molar-refractivity contribution is 0.0594. The van der Waals surface area contributed by atoms with E-state index in [9.17, 15) is 9.18 Å². The van der Waals surface area contributed by atoms with E-state index in [0.717, 1.165) is 0 Å². The van der Waals surface area contributed by atoms with Gasteiger partial charge >= 0.3 is 5.97 Å². The van der Waals surface area contributed by atoms with E-state index in [4.69, 9.17) is 17.3 Å². The Bertz CT molecular complexity index is 604. The molecule has 2 aromatic rings. The second-order valence-electron chi connectivity index (χ2n) is 3.18. The van der Waals surface area contributed by atoms with Crippen molar-refractivity contribution in [3.63, 3.8) is 0 Å². The lowest BCUT2D eigenvalue weighted by atomic mass is 10.2. The van der Waals surface area contributed by atoms with Gasteiger partial charge in [0.05, 0.1) is 17.8 Å². The molecule has 0 unspecified atom stereocenters. The number of ether oxygens (including phenoxy) is 1. The third-order valence-corrected chi connectivity index (χ3v) is 3.29. The van der Waals surface area contributed by atoms with Gasteiger partial charge in [0.1, 0.15) is 10.7 Å². The quantitative estimate of drug-likeness (QED) is 0.858. The molecule has 0 aliphatic rings. The number of halogens is 2. The van der Waals surface area contributed by atoms with Crippen LogP contribution in [-0.4, -0.2) is 23.0 Å². The number of hydrogen-bond acceptors (Lipinski definition) is 6. The minimum absolute atomic E-state index is 0.118. The van der Waals surface area contributed by atoms with Gasteiger partial charge in [0.15, 0.2) is 11.5 Å². The van der Waals surface area contributed by atoms with Crippen LogP contribution in [0.2, 0.25) is 5.02 Å². The molecule has 2 aromatic heterocycles. The maximum atomic E-state index is 13.9. The van der Waals surface area contributed by atoms with Gasteiger partial charge in [-0.05, 0) is 0 Å². The van der Waals surface area contributed by atoms with Crippen molar-refractivity contribution in [1.82, 2.24) is 9.97 Å². The summed E-state index contributed by atoms with van der Waals surface area (Å²) in [6.07, 6.45) is 1.49. The van der Waals surface area contributed by atoms with Gasteiger partial charge in [-0.2, -0.15) is 0 Å². The lowest BCUT2D eigenvalue weighted by Gasteiger charge is -2.08. The summed E-state index contributed by atoms with van der Waals surface area (Å²) in [5.41, 5.74) is 4.80. The van der Waals surface area contributed by atoms with E-state index in [1.807, 2.05) is 0 Å². The van der Waals surface area contributed by atoms with Crippen LogP contribution in [0.4, 0.5) is 10.1 Å². The summed E-state index contributed by atoms with van der Waals surface area (Å²) in [5.74, 6) is -1.59. The molecule has 94 valence electrons. The summed E-state index contributed by atoms with van der Waals surface area (Å²) >= 11 is 6.93. The van der Waals surface area contributed by atoms with Crippen LogP contribution in [0.1, 0.15) is 10.5 Å². The Hall–Kier alpha value is -1.73. The fourth-order valence-electron chi connectivity index (χ4n) is 1.28. The van der Waals surface area contributed by atoms with Gasteiger partial charge in [-0.25, -0.2) is 19.2 Å². The third kappa shape index (κ3) is 2.02. The number of esters is 1. The molecule has 8 heteroatoms. The van der Waals surface area contributed by atoms with Crippen molar-refractivity contribution >= 4 is 34.6 Å². The van der Waals surface area contributed by atoms with E-state index in [-0.39, 0.29) is 22.1 Å². The van der Waals surface area contributed by atoms with E-state index in [0.29, 0.717) is 5.01 Å². The van der Waals surface area contributed by atoms with Crippen molar-refractivity contribution in [2.45, 2.75) is 0 Å². The van der Waals surface area contributed by atoms with Crippen molar-refractivity contribution in [1.29, 1.82) is 0 Å². The number of anilines is 1. The molecule has 0 aliphatic heterocycles. The van der Waals surface area contributed by atoms with Crippen molar-refractivity contribution in [3.05, 3.63) is 28.1 Å². The molecule has 2 heterocycles. The highest BCUT2D eigenvalue weighted by Gasteiger charge is 2.23. The molecule has 18 heavy (non-hydrogen) atoms. The van der Waals surface area contributed by atoms with Crippen LogP contribution in [0.25, 0.3) is 10.7 Å². The molecule has 0 amide bonds. The molecule has 0 atom stereocenters. The monoisotopic (exact) mass is 287 g/mol. The number of nitrogens with zero attached hydrogens (tertiary/aromatic N) is 2. The van der Waals surface area contributed by atoms with Crippen LogP contribution in [0, 0.1) is 5.82 Å². The summed E-state index contributed by atoms with van der Waals surface area (Å²) in [4.78, 5) is 19.2. The SMILES string of the molecule is COC(=O)c1nc(-c2nccs2)c(F)c(N)c1Cl. The van der Waals surface area contributed by atoms with Crippen molar-refractivity contribution in [3.8, 4) is 10.7 Å². The van der Waals surface area contributed by atoms with Crippen molar-refractivity contribution in [2.24, 2.45) is 0 Å². The highest BCUT2D eigenvalue weighted by atomic mass is 35.5. The standard InChI is InChI=1S/C10H7ClFN3O2S/c1-17-10(16)7-4(11)6(13)5(12)8(15-7)9-14-2-3-18-9/h2-3H,1H3,(H2,13,15). The zero-order chi connectivity index (χ0) is 13.3. The molecule has 0 radical (unpaired) electrons. The Labute approximate surface area is 110 Å². The fraction of sp³-hybridized carbons (Fsp3) is 0.100. The number of aromatic nitrogens is 2. The van der Waals surface area contributed by atoms with Gasteiger partial charge in [0.25, 0.3) is 0 Å². The van der Waals surface area contributed by atoms with E-state index in [1.54, 1.807) is 5.38 Å². The average Bonchev–Trinajstić information content (AvgIpc) is 2.89. The molecule has 0 saturated carbocycles.